The molecule has 0 aromatic carbocycles. The van der Waals surface area contributed by atoms with E-state index >= 15 is 0 Å². The van der Waals surface area contributed by atoms with Crippen LogP contribution in [0.5, 0.6) is 0 Å². The van der Waals surface area contributed by atoms with Crippen molar-refractivity contribution in [3.05, 3.63) is 23.8 Å². The monoisotopic (exact) mass is 370 g/mol. The van der Waals surface area contributed by atoms with Crippen molar-refractivity contribution >= 4 is 0 Å². The normalized spacial score (nSPS) is 18.4. The van der Waals surface area contributed by atoms with Crippen LogP contribution in [0.4, 0.5) is 0 Å². The maximum atomic E-state index is 5.76. The Hall–Kier alpha value is -1.16. The second-order valence-corrected chi connectivity index (χ2v) is 6.69. The predicted molar refractivity (Wildman–Crippen MR) is 94.0 cm³/mol. The van der Waals surface area contributed by atoms with Crippen molar-refractivity contribution in [2.45, 2.75) is 31.7 Å². The van der Waals surface area contributed by atoms with Crippen molar-refractivity contribution in [1.29, 1.82) is 0 Å². The van der Waals surface area contributed by atoms with Crippen molar-refractivity contribution in [1.82, 2.24) is 9.97 Å². The predicted octanol–water partition coefficient (Wildman–Crippen LogP) is 1.49. The van der Waals surface area contributed by atoms with Gasteiger partial charge in [0.1, 0.15) is 11.9 Å². The van der Waals surface area contributed by atoms with Crippen molar-refractivity contribution in [2.24, 2.45) is 0 Å². The maximum Gasteiger partial charge on any atom is 0.200 e. The highest BCUT2D eigenvalue weighted by atomic mass is 16.7. The van der Waals surface area contributed by atoms with Gasteiger partial charge in [0.15, 0.2) is 0 Å². The summed E-state index contributed by atoms with van der Waals surface area (Å²) in [6.45, 7) is 7.95. The van der Waals surface area contributed by atoms with Gasteiger partial charge in [-0.05, 0) is 6.07 Å². The molecule has 1 aromatic rings. The van der Waals surface area contributed by atoms with Gasteiger partial charge in [-0.3, -0.25) is 0 Å². The lowest BCUT2D eigenvalue weighted by atomic mass is 9.93. The molecule has 2 heterocycles. The average Bonchev–Trinajstić information content (AvgIpc) is 2.67. The molecule has 1 aromatic heterocycles. The van der Waals surface area contributed by atoms with Gasteiger partial charge in [-0.15, -0.1) is 0 Å². The topological polar surface area (TPSA) is 81.2 Å². The van der Waals surface area contributed by atoms with Crippen LogP contribution in [-0.4, -0.2) is 76.5 Å². The zero-order valence-electron chi connectivity index (χ0n) is 16.1. The molecule has 8 nitrogen and oxygen atoms in total. The number of hydrogen-bond donors (Lipinski definition) is 0. The summed E-state index contributed by atoms with van der Waals surface area (Å²) < 4.78 is 32.7. The highest BCUT2D eigenvalue weighted by molar-refractivity contribution is 5.10. The Morgan fingerprint density at radius 1 is 1.19 bits per heavy atom. The van der Waals surface area contributed by atoms with E-state index in [1.54, 1.807) is 26.5 Å². The van der Waals surface area contributed by atoms with Crippen molar-refractivity contribution in [3.8, 4) is 0 Å². The largest absolute Gasteiger partial charge is 0.378 e. The van der Waals surface area contributed by atoms with Gasteiger partial charge in [-0.1, -0.05) is 13.8 Å². The van der Waals surface area contributed by atoms with Gasteiger partial charge in [0.05, 0.1) is 51.9 Å². The van der Waals surface area contributed by atoms with E-state index in [0.717, 1.165) is 0 Å². The summed E-state index contributed by atoms with van der Waals surface area (Å²) in [5, 5.41) is 0. The van der Waals surface area contributed by atoms with E-state index < -0.39 is 6.29 Å². The molecule has 1 unspecified atom stereocenters. The summed E-state index contributed by atoms with van der Waals surface area (Å²) in [6.07, 6.45) is 1.22. The first-order valence-electron chi connectivity index (χ1n) is 8.80. The summed E-state index contributed by atoms with van der Waals surface area (Å²) in [4.78, 5) is 8.93. The summed E-state index contributed by atoms with van der Waals surface area (Å²) in [5.41, 5.74) is 0.341. The van der Waals surface area contributed by atoms with Crippen LogP contribution in [0.1, 0.15) is 31.7 Å². The van der Waals surface area contributed by atoms with Crippen LogP contribution in [0.2, 0.25) is 0 Å². The van der Waals surface area contributed by atoms with Crippen LogP contribution in [-0.2, 0) is 33.8 Å². The molecule has 1 atom stereocenters. The number of hydrogen-bond acceptors (Lipinski definition) is 8. The van der Waals surface area contributed by atoms with E-state index in [2.05, 4.69) is 9.97 Å². The molecule has 1 aliphatic heterocycles. The summed E-state index contributed by atoms with van der Waals surface area (Å²) in [6, 6.07) is 1.78. The fourth-order valence-corrected chi connectivity index (χ4v) is 2.53. The second kappa shape index (κ2) is 10.9. The fourth-order valence-electron chi connectivity index (χ4n) is 2.53. The van der Waals surface area contributed by atoms with Gasteiger partial charge in [0, 0.05) is 25.8 Å². The molecule has 0 aliphatic carbocycles. The molecule has 1 aliphatic rings. The Balaban J connectivity index is 1.73. The molecular formula is C18H30N2O6. The lowest BCUT2D eigenvalue weighted by Gasteiger charge is -2.24. The first-order chi connectivity index (χ1) is 12.6. The molecule has 0 radical (unpaired) electrons. The van der Waals surface area contributed by atoms with E-state index in [4.69, 9.17) is 28.4 Å². The molecule has 0 bridgehead atoms. The SMILES string of the molecule is COC(OC)c1ccnc(C(C)(C)COCCOCC2COCCO2)n1. The molecule has 0 spiro atoms. The number of ether oxygens (including phenoxy) is 6. The highest BCUT2D eigenvalue weighted by Crippen LogP contribution is 2.22. The second-order valence-electron chi connectivity index (χ2n) is 6.69. The van der Waals surface area contributed by atoms with Gasteiger partial charge < -0.3 is 28.4 Å². The summed E-state index contributed by atoms with van der Waals surface area (Å²) in [7, 11) is 3.16. The quantitative estimate of drug-likeness (QED) is 0.428. The molecule has 0 amide bonds. The lowest BCUT2D eigenvalue weighted by Crippen LogP contribution is -2.33. The maximum absolute atomic E-state index is 5.76. The van der Waals surface area contributed by atoms with Crippen LogP contribution in [0.15, 0.2) is 12.3 Å². The Bertz CT molecular complexity index is 518. The van der Waals surface area contributed by atoms with E-state index in [-0.39, 0.29) is 11.5 Å². The van der Waals surface area contributed by atoms with Crippen LogP contribution >= 0.6 is 0 Å². The zero-order chi connectivity index (χ0) is 18.8. The Kier molecular flexibility index (Phi) is 8.83. The van der Waals surface area contributed by atoms with Gasteiger partial charge >= 0.3 is 0 Å². The molecule has 8 heteroatoms. The molecule has 1 saturated heterocycles. The molecule has 0 saturated carbocycles. The van der Waals surface area contributed by atoms with E-state index in [0.29, 0.717) is 57.8 Å². The first-order valence-corrected chi connectivity index (χ1v) is 8.80. The van der Waals surface area contributed by atoms with E-state index in [9.17, 15) is 0 Å². The third-order valence-electron chi connectivity index (χ3n) is 3.98. The van der Waals surface area contributed by atoms with Crippen LogP contribution < -0.4 is 0 Å². The van der Waals surface area contributed by atoms with Crippen LogP contribution in [0, 0.1) is 0 Å². The Labute approximate surface area is 155 Å². The minimum atomic E-state index is -0.507. The smallest absolute Gasteiger partial charge is 0.200 e. The molecule has 148 valence electrons. The molecule has 2 rings (SSSR count). The number of rotatable bonds is 11. The Morgan fingerprint density at radius 2 is 1.96 bits per heavy atom. The minimum Gasteiger partial charge on any atom is -0.378 e. The molecule has 26 heavy (non-hydrogen) atoms. The van der Waals surface area contributed by atoms with Crippen molar-refractivity contribution in [3.63, 3.8) is 0 Å². The van der Waals surface area contributed by atoms with Crippen molar-refractivity contribution in [2.75, 3.05) is 60.5 Å². The zero-order valence-corrected chi connectivity index (χ0v) is 16.1. The van der Waals surface area contributed by atoms with E-state index in [1.807, 2.05) is 13.8 Å². The summed E-state index contributed by atoms with van der Waals surface area (Å²) in [5.74, 6) is 0.683. The van der Waals surface area contributed by atoms with Gasteiger partial charge in [0.2, 0.25) is 6.29 Å². The minimum absolute atomic E-state index is 0.0193. The fraction of sp³-hybridized carbons (Fsp3) is 0.778. The molecule has 1 fully saturated rings. The number of methoxy groups -OCH3 is 2. The first kappa shape index (κ1) is 21.1. The van der Waals surface area contributed by atoms with Gasteiger partial charge in [-0.25, -0.2) is 9.97 Å². The van der Waals surface area contributed by atoms with Crippen molar-refractivity contribution < 1.29 is 28.4 Å². The van der Waals surface area contributed by atoms with Crippen LogP contribution in [0.3, 0.4) is 0 Å². The standard InChI is InChI=1S/C18H30N2O6/c1-18(2,17-19-6-5-15(20-17)16(21-3)22-4)13-25-8-7-23-11-14-12-24-9-10-26-14/h5-6,14,16H,7-13H2,1-4H3. The number of nitrogens with zero attached hydrogens (tertiary/aromatic N) is 2. The van der Waals surface area contributed by atoms with Gasteiger partial charge in [0.25, 0.3) is 0 Å². The summed E-state index contributed by atoms with van der Waals surface area (Å²) >= 11 is 0. The lowest BCUT2D eigenvalue weighted by molar-refractivity contribution is -0.118. The Morgan fingerprint density at radius 3 is 2.65 bits per heavy atom. The third-order valence-corrected chi connectivity index (χ3v) is 3.98. The number of aromatic nitrogens is 2. The van der Waals surface area contributed by atoms with E-state index in [1.165, 1.54) is 0 Å². The molecular weight excluding hydrogens is 340 g/mol. The average molecular weight is 370 g/mol. The molecule has 0 N–H and O–H groups in total. The van der Waals surface area contributed by atoms with Gasteiger partial charge in [-0.2, -0.15) is 0 Å². The van der Waals surface area contributed by atoms with Crippen LogP contribution in [0.25, 0.3) is 0 Å². The highest BCUT2D eigenvalue weighted by Gasteiger charge is 2.26. The third kappa shape index (κ3) is 6.53.